The molecular weight excluding hydrogens is 248 g/mol. The van der Waals surface area contributed by atoms with Crippen molar-refractivity contribution >= 4 is 23.4 Å². The molecule has 2 heterocycles. The molecule has 94 valence electrons. The van der Waals surface area contributed by atoms with Crippen molar-refractivity contribution in [2.24, 2.45) is 0 Å². The number of carbonyl (C=O) groups excluding carboxylic acids is 1. The molecule has 0 saturated carbocycles. The second kappa shape index (κ2) is 5.68. The van der Waals surface area contributed by atoms with Crippen LogP contribution < -0.4 is 5.32 Å². The van der Waals surface area contributed by atoms with Gasteiger partial charge >= 0.3 is 0 Å². The van der Waals surface area contributed by atoms with E-state index in [1.165, 1.54) is 11.8 Å². The number of imidazole rings is 1. The van der Waals surface area contributed by atoms with E-state index in [0.717, 1.165) is 5.82 Å². The van der Waals surface area contributed by atoms with Gasteiger partial charge in [0.15, 0.2) is 0 Å². The van der Waals surface area contributed by atoms with Gasteiger partial charge in [0.25, 0.3) is 0 Å². The van der Waals surface area contributed by atoms with Crippen LogP contribution in [0.3, 0.4) is 0 Å². The Morgan fingerprint density at radius 3 is 2.89 bits per heavy atom. The summed E-state index contributed by atoms with van der Waals surface area (Å²) in [5.41, 5.74) is 0.699. The fourth-order valence-electron chi connectivity index (χ4n) is 1.36. The predicted molar refractivity (Wildman–Crippen MR) is 73.0 cm³/mol. The fourth-order valence-corrected chi connectivity index (χ4v) is 1.63. The number of nitrogens with zero attached hydrogens (tertiary/aromatic N) is 3. The molecule has 0 saturated heterocycles. The summed E-state index contributed by atoms with van der Waals surface area (Å²) in [5.74, 6) is 0.753. The van der Waals surface area contributed by atoms with Crippen LogP contribution in [0.4, 0.5) is 5.69 Å². The summed E-state index contributed by atoms with van der Waals surface area (Å²) >= 11 is 1.51. The summed E-state index contributed by atoms with van der Waals surface area (Å²) in [5, 5.41) is 2.75. The van der Waals surface area contributed by atoms with Crippen molar-refractivity contribution in [3.05, 3.63) is 37.1 Å². The first-order chi connectivity index (χ1) is 8.70. The molecule has 2 aromatic rings. The van der Waals surface area contributed by atoms with Crippen molar-refractivity contribution in [2.45, 2.75) is 12.2 Å². The zero-order chi connectivity index (χ0) is 13.0. The van der Waals surface area contributed by atoms with Crippen molar-refractivity contribution in [3.63, 3.8) is 0 Å². The van der Waals surface area contributed by atoms with Crippen LogP contribution in [-0.4, -0.2) is 31.9 Å². The Hall–Kier alpha value is -1.82. The number of pyridine rings is 1. The molecule has 0 aliphatic carbocycles. The van der Waals surface area contributed by atoms with Gasteiger partial charge in [0, 0.05) is 12.4 Å². The number of amides is 1. The zero-order valence-corrected chi connectivity index (χ0v) is 11.0. The van der Waals surface area contributed by atoms with E-state index in [1.807, 2.05) is 31.5 Å². The first-order valence-corrected chi connectivity index (χ1v) is 6.77. The number of hydrogen-bond acceptors (Lipinski definition) is 4. The fraction of sp³-hybridized carbons (Fsp3) is 0.250. The van der Waals surface area contributed by atoms with E-state index in [9.17, 15) is 4.79 Å². The van der Waals surface area contributed by atoms with Crippen LogP contribution in [0.1, 0.15) is 6.92 Å². The SMILES string of the molecule is CS[C@@H](C)C(=O)Nc1ccc(-n2ccnc2)nc1. The predicted octanol–water partition coefficient (Wildman–Crippen LogP) is 1.96. The third-order valence-electron chi connectivity index (χ3n) is 2.51. The molecule has 6 heteroatoms. The topological polar surface area (TPSA) is 59.8 Å². The number of anilines is 1. The number of nitrogens with one attached hydrogen (secondary N) is 1. The summed E-state index contributed by atoms with van der Waals surface area (Å²) in [6, 6.07) is 3.66. The lowest BCUT2D eigenvalue weighted by molar-refractivity contribution is -0.115. The standard InChI is InChI=1S/C12H14N4OS/c1-9(18-2)12(17)15-10-3-4-11(14-7-10)16-6-5-13-8-16/h3-9H,1-2H3,(H,15,17)/t9-/m0/s1. The largest absolute Gasteiger partial charge is 0.324 e. The average Bonchev–Trinajstić information content (AvgIpc) is 2.92. The lowest BCUT2D eigenvalue weighted by atomic mass is 10.3. The number of hydrogen-bond donors (Lipinski definition) is 1. The van der Waals surface area contributed by atoms with Gasteiger partial charge in [-0.05, 0) is 25.3 Å². The van der Waals surface area contributed by atoms with E-state index < -0.39 is 0 Å². The smallest absolute Gasteiger partial charge is 0.237 e. The molecule has 0 aliphatic rings. The molecule has 5 nitrogen and oxygen atoms in total. The van der Waals surface area contributed by atoms with Gasteiger partial charge in [-0.15, -0.1) is 0 Å². The van der Waals surface area contributed by atoms with Gasteiger partial charge in [0.2, 0.25) is 5.91 Å². The van der Waals surface area contributed by atoms with E-state index in [2.05, 4.69) is 15.3 Å². The van der Waals surface area contributed by atoms with Gasteiger partial charge in [0.05, 0.1) is 17.1 Å². The number of aromatic nitrogens is 3. The van der Waals surface area contributed by atoms with E-state index in [-0.39, 0.29) is 11.2 Å². The van der Waals surface area contributed by atoms with Gasteiger partial charge in [-0.1, -0.05) is 0 Å². The molecule has 0 unspecified atom stereocenters. The molecule has 0 radical (unpaired) electrons. The quantitative estimate of drug-likeness (QED) is 0.915. The zero-order valence-electron chi connectivity index (χ0n) is 10.2. The third kappa shape index (κ3) is 2.89. The minimum Gasteiger partial charge on any atom is -0.324 e. The lowest BCUT2D eigenvalue weighted by Crippen LogP contribution is -2.22. The Kier molecular flexibility index (Phi) is 3.99. The van der Waals surface area contributed by atoms with E-state index >= 15 is 0 Å². The minimum atomic E-state index is -0.0710. The molecule has 2 rings (SSSR count). The Balaban J connectivity index is 2.06. The van der Waals surface area contributed by atoms with Crippen LogP contribution in [0.15, 0.2) is 37.1 Å². The lowest BCUT2D eigenvalue weighted by Gasteiger charge is -2.09. The van der Waals surface area contributed by atoms with Gasteiger partial charge in [-0.25, -0.2) is 9.97 Å². The highest BCUT2D eigenvalue weighted by Gasteiger charge is 2.11. The molecule has 18 heavy (non-hydrogen) atoms. The Bertz CT molecular complexity index is 509. The van der Waals surface area contributed by atoms with Crippen molar-refractivity contribution in [2.75, 3.05) is 11.6 Å². The molecule has 1 atom stereocenters. The highest BCUT2D eigenvalue weighted by Crippen LogP contribution is 2.12. The van der Waals surface area contributed by atoms with Crippen LogP contribution in [0.25, 0.3) is 5.82 Å². The maximum atomic E-state index is 11.7. The van der Waals surface area contributed by atoms with Crippen LogP contribution in [0.2, 0.25) is 0 Å². The van der Waals surface area contributed by atoms with Crippen LogP contribution in [-0.2, 0) is 4.79 Å². The average molecular weight is 262 g/mol. The highest BCUT2D eigenvalue weighted by molar-refractivity contribution is 7.99. The van der Waals surface area contributed by atoms with Crippen molar-refractivity contribution < 1.29 is 4.79 Å². The second-order valence-electron chi connectivity index (χ2n) is 3.74. The van der Waals surface area contributed by atoms with Gasteiger partial charge in [-0.3, -0.25) is 9.36 Å². The summed E-state index contributed by atoms with van der Waals surface area (Å²) in [4.78, 5) is 19.9. The molecule has 0 fully saturated rings. The second-order valence-corrected chi connectivity index (χ2v) is 4.92. The van der Waals surface area contributed by atoms with Crippen LogP contribution >= 0.6 is 11.8 Å². The molecule has 2 aromatic heterocycles. The molecule has 0 aromatic carbocycles. The molecular formula is C12H14N4OS. The van der Waals surface area contributed by atoms with Gasteiger partial charge in [0.1, 0.15) is 12.1 Å². The number of thioether (sulfide) groups is 1. The first-order valence-electron chi connectivity index (χ1n) is 5.49. The van der Waals surface area contributed by atoms with Crippen LogP contribution in [0, 0.1) is 0 Å². The van der Waals surface area contributed by atoms with Gasteiger partial charge in [-0.2, -0.15) is 11.8 Å². The monoisotopic (exact) mass is 262 g/mol. The highest BCUT2D eigenvalue weighted by atomic mass is 32.2. The third-order valence-corrected chi connectivity index (χ3v) is 3.43. The van der Waals surface area contributed by atoms with E-state index in [0.29, 0.717) is 5.69 Å². The number of carbonyl (C=O) groups is 1. The maximum absolute atomic E-state index is 11.7. The maximum Gasteiger partial charge on any atom is 0.237 e. The van der Waals surface area contributed by atoms with E-state index in [4.69, 9.17) is 0 Å². The van der Waals surface area contributed by atoms with Crippen molar-refractivity contribution in [1.29, 1.82) is 0 Å². The normalized spacial score (nSPS) is 12.1. The summed E-state index contributed by atoms with van der Waals surface area (Å²) in [6.45, 7) is 1.87. The summed E-state index contributed by atoms with van der Waals surface area (Å²) < 4.78 is 1.80. The van der Waals surface area contributed by atoms with Crippen LogP contribution in [0.5, 0.6) is 0 Å². The Labute approximate surface area is 110 Å². The van der Waals surface area contributed by atoms with Gasteiger partial charge < -0.3 is 5.32 Å². The molecule has 1 amide bonds. The van der Waals surface area contributed by atoms with Crippen molar-refractivity contribution in [3.8, 4) is 5.82 Å². The first kappa shape index (κ1) is 12.6. The Morgan fingerprint density at radius 2 is 2.33 bits per heavy atom. The van der Waals surface area contributed by atoms with Crippen molar-refractivity contribution in [1.82, 2.24) is 14.5 Å². The molecule has 0 aliphatic heterocycles. The molecule has 0 bridgehead atoms. The number of rotatable bonds is 4. The molecule has 1 N–H and O–H groups in total. The van der Waals surface area contributed by atoms with E-state index in [1.54, 1.807) is 23.3 Å². The summed E-state index contributed by atoms with van der Waals surface area (Å²) in [7, 11) is 0. The summed E-state index contributed by atoms with van der Waals surface area (Å²) in [6.07, 6.45) is 8.73. The Morgan fingerprint density at radius 1 is 1.50 bits per heavy atom. The molecule has 0 spiro atoms. The minimum absolute atomic E-state index is 0.0142.